The Morgan fingerprint density at radius 3 is 2.70 bits per heavy atom. The minimum absolute atomic E-state index is 0.0805. The average molecular weight is 274 g/mol. The number of aromatic nitrogens is 1. The average Bonchev–Trinajstić information content (AvgIpc) is 2.37. The minimum atomic E-state index is -0.973. The highest BCUT2D eigenvalue weighted by atomic mass is 16.6. The topological polar surface area (TPSA) is 111 Å². The van der Waals surface area contributed by atoms with Crippen molar-refractivity contribution in [1.29, 1.82) is 0 Å². The van der Waals surface area contributed by atoms with E-state index in [0.717, 1.165) is 0 Å². The molecule has 7 heteroatoms. The van der Waals surface area contributed by atoms with Crippen molar-refractivity contribution in [1.82, 2.24) is 4.98 Å². The first kappa shape index (κ1) is 13.7. The lowest BCUT2D eigenvalue weighted by Gasteiger charge is -2.24. The van der Waals surface area contributed by atoms with Gasteiger partial charge in [0.1, 0.15) is 11.1 Å². The number of non-ortho nitro benzene ring substituents is 1. The number of nitrogens with two attached hydrogens (primary N) is 1. The number of primary amides is 1. The van der Waals surface area contributed by atoms with Crippen molar-refractivity contribution in [3.05, 3.63) is 40.6 Å². The van der Waals surface area contributed by atoms with Crippen molar-refractivity contribution in [2.24, 2.45) is 5.73 Å². The van der Waals surface area contributed by atoms with E-state index in [-0.39, 0.29) is 11.2 Å². The van der Waals surface area contributed by atoms with Crippen LogP contribution in [0.4, 0.5) is 11.4 Å². The van der Waals surface area contributed by atoms with Crippen LogP contribution in [0, 0.1) is 10.1 Å². The van der Waals surface area contributed by atoms with Crippen molar-refractivity contribution in [2.75, 3.05) is 5.32 Å². The zero-order valence-corrected chi connectivity index (χ0v) is 11.1. The molecule has 0 aliphatic carbocycles. The molecule has 1 heterocycles. The first-order valence-electron chi connectivity index (χ1n) is 5.93. The van der Waals surface area contributed by atoms with Gasteiger partial charge in [0.2, 0.25) is 5.91 Å². The number of fused-ring (bicyclic) bond motifs is 1. The van der Waals surface area contributed by atoms with Crippen molar-refractivity contribution in [3.8, 4) is 0 Å². The monoisotopic (exact) mass is 274 g/mol. The van der Waals surface area contributed by atoms with Gasteiger partial charge in [0, 0.05) is 23.3 Å². The quantitative estimate of drug-likeness (QED) is 0.652. The molecule has 2 aromatic rings. The fraction of sp³-hybridized carbons (Fsp3) is 0.231. The molecule has 104 valence electrons. The van der Waals surface area contributed by atoms with Crippen LogP contribution in [0.25, 0.3) is 10.9 Å². The number of pyridine rings is 1. The third kappa shape index (κ3) is 2.37. The molecule has 0 aliphatic heterocycles. The van der Waals surface area contributed by atoms with Crippen molar-refractivity contribution >= 4 is 28.2 Å². The van der Waals surface area contributed by atoms with Crippen LogP contribution in [0.3, 0.4) is 0 Å². The van der Waals surface area contributed by atoms with Gasteiger partial charge in [-0.2, -0.15) is 0 Å². The van der Waals surface area contributed by atoms with Crippen LogP contribution in [-0.2, 0) is 4.79 Å². The number of carbonyl (C=O) groups excluding carboxylic acids is 1. The summed E-state index contributed by atoms with van der Waals surface area (Å²) in [6.07, 6.45) is 1.45. The maximum absolute atomic E-state index is 11.4. The maximum Gasteiger partial charge on any atom is 0.295 e. The van der Waals surface area contributed by atoms with Gasteiger partial charge in [0.25, 0.3) is 5.69 Å². The number of hydrogen-bond donors (Lipinski definition) is 2. The minimum Gasteiger partial charge on any atom is -0.371 e. The summed E-state index contributed by atoms with van der Waals surface area (Å²) in [5, 5.41) is 14.5. The number of nitrogens with one attached hydrogen (secondary N) is 1. The third-order valence-corrected chi connectivity index (χ3v) is 3.01. The van der Waals surface area contributed by atoms with Gasteiger partial charge >= 0.3 is 0 Å². The van der Waals surface area contributed by atoms with Crippen LogP contribution in [-0.4, -0.2) is 21.4 Å². The van der Waals surface area contributed by atoms with Crippen LogP contribution in [0.1, 0.15) is 13.8 Å². The number of para-hydroxylation sites is 1. The fourth-order valence-corrected chi connectivity index (χ4v) is 1.82. The Balaban J connectivity index is 2.59. The summed E-state index contributed by atoms with van der Waals surface area (Å²) in [5.41, 5.74) is 5.10. The number of carbonyl (C=O) groups is 1. The molecule has 0 bridgehead atoms. The summed E-state index contributed by atoms with van der Waals surface area (Å²) in [6.45, 7) is 3.28. The smallest absolute Gasteiger partial charge is 0.295 e. The van der Waals surface area contributed by atoms with E-state index in [0.29, 0.717) is 11.1 Å². The predicted molar refractivity (Wildman–Crippen MR) is 75.3 cm³/mol. The fourth-order valence-electron chi connectivity index (χ4n) is 1.82. The Morgan fingerprint density at radius 2 is 2.10 bits per heavy atom. The number of nitro benzene ring substituents is 1. The van der Waals surface area contributed by atoms with Gasteiger partial charge in [-0.25, -0.2) is 4.98 Å². The zero-order valence-electron chi connectivity index (χ0n) is 11.1. The van der Waals surface area contributed by atoms with E-state index in [1.807, 2.05) is 0 Å². The third-order valence-electron chi connectivity index (χ3n) is 3.01. The van der Waals surface area contributed by atoms with Gasteiger partial charge in [0.05, 0.1) is 4.92 Å². The van der Waals surface area contributed by atoms with Crippen LogP contribution in [0.5, 0.6) is 0 Å². The Labute approximate surface area is 114 Å². The van der Waals surface area contributed by atoms with E-state index >= 15 is 0 Å². The molecule has 0 unspecified atom stereocenters. The number of nitrogens with zero attached hydrogens (tertiary/aromatic N) is 2. The van der Waals surface area contributed by atoms with Gasteiger partial charge in [-0.15, -0.1) is 0 Å². The number of hydrogen-bond acceptors (Lipinski definition) is 5. The van der Waals surface area contributed by atoms with Crippen molar-refractivity contribution < 1.29 is 9.72 Å². The van der Waals surface area contributed by atoms with Crippen molar-refractivity contribution in [2.45, 2.75) is 19.4 Å². The van der Waals surface area contributed by atoms with Gasteiger partial charge in [-0.05, 0) is 19.9 Å². The standard InChI is InChI=1S/C13H14N4O3/c1-13(2,12(14)18)16-9-6-7-15-11-8(9)4-3-5-10(11)17(19)20/h3-7H,1-2H3,(H2,14,18)(H,15,16). The summed E-state index contributed by atoms with van der Waals surface area (Å²) in [6, 6.07) is 6.31. The maximum atomic E-state index is 11.4. The summed E-state index contributed by atoms with van der Waals surface area (Å²) in [4.78, 5) is 25.9. The zero-order chi connectivity index (χ0) is 14.9. The summed E-state index contributed by atoms with van der Waals surface area (Å²) in [7, 11) is 0. The summed E-state index contributed by atoms with van der Waals surface area (Å²) < 4.78 is 0. The highest BCUT2D eigenvalue weighted by molar-refractivity contribution is 5.98. The normalized spacial score (nSPS) is 11.3. The second kappa shape index (κ2) is 4.76. The first-order valence-corrected chi connectivity index (χ1v) is 5.93. The number of rotatable bonds is 4. The predicted octanol–water partition coefficient (Wildman–Crippen LogP) is 1.82. The molecule has 0 aliphatic rings. The van der Waals surface area contributed by atoms with Crippen LogP contribution in [0.2, 0.25) is 0 Å². The molecule has 0 radical (unpaired) electrons. The molecule has 7 nitrogen and oxygen atoms in total. The van der Waals surface area contributed by atoms with E-state index in [1.165, 1.54) is 12.3 Å². The molecule has 0 fully saturated rings. The largest absolute Gasteiger partial charge is 0.371 e. The lowest BCUT2D eigenvalue weighted by atomic mass is 10.0. The SMILES string of the molecule is CC(C)(Nc1ccnc2c([N+](=O)[O-])cccc12)C(N)=O. The molecule has 0 saturated carbocycles. The molecule has 1 amide bonds. The molecule has 1 aromatic heterocycles. The van der Waals surface area contributed by atoms with E-state index < -0.39 is 16.4 Å². The molecule has 0 spiro atoms. The molecule has 1 aromatic carbocycles. The van der Waals surface area contributed by atoms with Crippen LogP contribution < -0.4 is 11.1 Å². The second-order valence-electron chi connectivity index (χ2n) is 4.90. The molecule has 0 saturated heterocycles. The molecular formula is C13H14N4O3. The molecule has 20 heavy (non-hydrogen) atoms. The van der Waals surface area contributed by atoms with E-state index in [9.17, 15) is 14.9 Å². The van der Waals surface area contributed by atoms with Crippen LogP contribution in [0.15, 0.2) is 30.5 Å². The number of amides is 1. The highest BCUT2D eigenvalue weighted by Gasteiger charge is 2.25. The van der Waals surface area contributed by atoms with Gasteiger partial charge < -0.3 is 11.1 Å². The van der Waals surface area contributed by atoms with Crippen molar-refractivity contribution in [3.63, 3.8) is 0 Å². The Bertz CT molecular complexity index is 697. The summed E-state index contributed by atoms with van der Waals surface area (Å²) >= 11 is 0. The Kier molecular flexibility index (Phi) is 3.27. The number of nitro groups is 1. The first-order chi connectivity index (χ1) is 9.33. The van der Waals surface area contributed by atoms with Gasteiger partial charge in [0.15, 0.2) is 0 Å². The molecule has 3 N–H and O–H groups in total. The van der Waals surface area contributed by atoms with E-state index in [2.05, 4.69) is 10.3 Å². The summed E-state index contributed by atoms with van der Waals surface area (Å²) in [5.74, 6) is -0.520. The van der Waals surface area contributed by atoms with Gasteiger partial charge in [-0.3, -0.25) is 14.9 Å². The molecule has 2 rings (SSSR count). The van der Waals surface area contributed by atoms with E-state index in [1.54, 1.807) is 32.0 Å². The van der Waals surface area contributed by atoms with Crippen LogP contribution >= 0.6 is 0 Å². The Morgan fingerprint density at radius 1 is 1.40 bits per heavy atom. The highest BCUT2D eigenvalue weighted by Crippen LogP contribution is 2.29. The number of benzene rings is 1. The lowest BCUT2D eigenvalue weighted by molar-refractivity contribution is -0.383. The van der Waals surface area contributed by atoms with E-state index in [4.69, 9.17) is 5.73 Å². The molecular weight excluding hydrogens is 260 g/mol. The molecule has 0 atom stereocenters. The second-order valence-corrected chi connectivity index (χ2v) is 4.90. The number of anilines is 1. The van der Waals surface area contributed by atoms with Gasteiger partial charge in [-0.1, -0.05) is 12.1 Å². The lowest BCUT2D eigenvalue weighted by Crippen LogP contribution is -2.45. The Hall–Kier alpha value is -2.70.